The Labute approximate surface area is 157 Å². The summed E-state index contributed by atoms with van der Waals surface area (Å²) < 4.78 is 34.6. The fraction of sp³-hybridized carbons (Fsp3) is 0.588. The second-order valence-electron chi connectivity index (χ2n) is 6.22. The van der Waals surface area contributed by atoms with Crippen molar-refractivity contribution in [1.82, 2.24) is 15.1 Å². The van der Waals surface area contributed by atoms with E-state index in [-0.39, 0.29) is 29.8 Å². The van der Waals surface area contributed by atoms with Crippen molar-refractivity contribution in [2.45, 2.75) is 19.1 Å². The number of rotatable bonds is 5. The van der Waals surface area contributed by atoms with E-state index < -0.39 is 6.61 Å². The second-order valence-corrected chi connectivity index (χ2v) is 6.22. The smallest absolute Gasteiger partial charge is 0.387 e. The summed E-state index contributed by atoms with van der Waals surface area (Å²) in [7, 11) is 1.37. The van der Waals surface area contributed by atoms with E-state index in [1.165, 1.54) is 19.2 Å². The van der Waals surface area contributed by atoms with Gasteiger partial charge >= 0.3 is 6.61 Å². The van der Waals surface area contributed by atoms with E-state index in [2.05, 4.69) is 15.0 Å². The number of nitrogens with one attached hydrogen (secondary N) is 1. The number of benzene rings is 1. The molecule has 1 unspecified atom stereocenters. The van der Waals surface area contributed by atoms with Gasteiger partial charge in [-0.3, -0.25) is 9.69 Å². The molecule has 146 valence electrons. The SMILES string of the molecule is COc1ccc(C(=O)N2CCC(N3CCNCC3)C2)cc1OC(F)F.Cl. The van der Waals surface area contributed by atoms with Gasteiger partial charge in [-0.1, -0.05) is 0 Å². The summed E-state index contributed by atoms with van der Waals surface area (Å²) in [5.41, 5.74) is 0.331. The van der Waals surface area contributed by atoms with Crippen molar-refractivity contribution < 1.29 is 23.0 Å². The maximum absolute atomic E-state index is 12.7. The largest absolute Gasteiger partial charge is 0.493 e. The number of piperazine rings is 1. The number of hydrogen-bond acceptors (Lipinski definition) is 5. The van der Waals surface area contributed by atoms with E-state index in [9.17, 15) is 13.6 Å². The first-order valence-corrected chi connectivity index (χ1v) is 8.45. The highest BCUT2D eigenvalue weighted by molar-refractivity contribution is 5.95. The first-order chi connectivity index (χ1) is 12.1. The zero-order valence-corrected chi connectivity index (χ0v) is 15.4. The van der Waals surface area contributed by atoms with Crippen LogP contribution in [-0.4, -0.2) is 74.7 Å². The maximum Gasteiger partial charge on any atom is 0.387 e. The van der Waals surface area contributed by atoms with Crippen molar-refractivity contribution in [3.05, 3.63) is 23.8 Å². The minimum Gasteiger partial charge on any atom is -0.493 e. The summed E-state index contributed by atoms with van der Waals surface area (Å²) in [5.74, 6) is -0.113. The molecule has 0 bridgehead atoms. The first-order valence-electron chi connectivity index (χ1n) is 8.45. The molecule has 2 saturated heterocycles. The van der Waals surface area contributed by atoms with Gasteiger partial charge in [0.2, 0.25) is 0 Å². The van der Waals surface area contributed by atoms with Crippen LogP contribution in [0.2, 0.25) is 0 Å². The first kappa shape index (κ1) is 20.7. The summed E-state index contributed by atoms with van der Waals surface area (Å²) in [4.78, 5) is 16.9. The zero-order valence-electron chi connectivity index (χ0n) is 14.6. The van der Waals surface area contributed by atoms with E-state index in [1.54, 1.807) is 11.0 Å². The number of ether oxygens (including phenoxy) is 2. The van der Waals surface area contributed by atoms with Crippen molar-refractivity contribution >= 4 is 18.3 Å². The number of alkyl halides is 2. The quantitative estimate of drug-likeness (QED) is 0.830. The summed E-state index contributed by atoms with van der Waals surface area (Å²) in [6.07, 6.45) is 0.933. The van der Waals surface area contributed by atoms with Crippen molar-refractivity contribution in [3.8, 4) is 11.5 Å². The Morgan fingerprint density at radius 3 is 2.62 bits per heavy atom. The Kier molecular flexibility index (Phi) is 7.43. The second kappa shape index (κ2) is 9.34. The van der Waals surface area contributed by atoms with E-state index in [1.807, 2.05) is 0 Å². The molecule has 9 heteroatoms. The van der Waals surface area contributed by atoms with Crippen LogP contribution in [-0.2, 0) is 0 Å². The molecular formula is C17H24ClF2N3O3. The van der Waals surface area contributed by atoms with Crippen LogP contribution in [0.5, 0.6) is 11.5 Å². The molecule has 0 aliphatic carbocycles. The molecule has 0 saturated carbocycles. The minimum absolute atomic E-state index is 0. The lowest BCUT2D eigenvalue weighted by molar-refractivity contribution is -0.0512. The molecule has 26 heavy (non-hydrogen) atoms. The minimum atomic E-state index is -2.97. The summed E-state index contributed by atoms with van der Waals surface area (Å²) in [6, 6.07) is 4.75. The average Bonchev–Trinajstić information content (AvgIpc) is 3.11. The van der Waals surface area contributed by atoms with Crippen LogP contribution in [0, 0.1) is 0 Å². The van der Waals surface area contributed by atoms with Crippen LogP contribution in [0.4, 0.5) is 8.78 Å². The fourth-order valence-corrected chi connectivity index (χ4v) is 3.45. The topological polar surface area (TPSA) is 54.0 Å². The van der Waals surface area contributed by atoms with Gasteiger partial charge in [0.1, 0.15) is 0 Å². The molecule has 0 spiro atoms. The van der Waals surface area contributed by atoms with Crippen LogP contribution < -0.4 is 14.8 Å². The maximum atomic E-state index is 12.7. The van der Waals surface area contributed by atoms with Gasteiger partial charge in [0.25, 0.3) is 5.91 Å². The molecule has 2 heterocycles. The Morgan fingerprint density at radius 1 is 1.23 bits per heavy atom. The molecule has 2 aliphatic heterocycles. The molecule has 1 N–H and O–H groups in total. The van der Waals surface area contributed by atoms with Crippen LogP contribution in [0.25, 0.3) is 0 Å². The number of carbonyl (C=O) groups is 1. The Balaban J connectivity index is 0.00000243. The van der Waals surface area contributed by atoms with Gasteiger partial charge in [0.05, 0.1) is 7.11 Å². The molecule has 1 atom stereocenters. The van der Waals surface area contributed by atoms with E-state index in [4.69, 9.17) is 4.74 Å². The van der Waals surface area contributed by atoms with Gasteiger partial charge in [-0.25, -0.2) is 0 Å². The molecule has 0 radical (unpaired) electrons. The standard InChI is InChI=1S/C17H23F2N3O3.ClH/c1-24-14-3-2-12(10-15(14)25-17(18)19)16(23)22-7-4-13(11-22)21-8-5-20-6-9-21;/h2-3,10,13,17,20H,4-9,11H2,1H3;1H. The van der Waals surface area contributed by atoms with Gasteiger partial charge in [0.15, 0.2) is 11.5 Å². The Bertz CT molecular complexity index is 615. The monoisotopic (exact) mass is 391 g/mol. The van der Waals surface area contributed by atoms with Crippen molar-refractivity contribution in [3.63, 3.8) is 0 Å². The molecule has 1 aromatic carbocycles. The highest BCUT2D eigenvalue weighted by Gasteiger charge is 2.31. The lowest BCUT2D eigenvalue weighted by atomic mass is 10.1. The summed E-state index contributed by atoms with van der Waals surface area (Å²) >= 11 is 0. The van der Waals surface area contributed by atoms with Crippen LogP contribution in [0.15, 0.2) is 18.2 Å². The predicted molar refractivity (Wildman–Crippen MR) is 95.6 cm³/mol. The highest BCUT2D eigenvalue weighted by atomic mass is 35.5. The number of methoxy groups -OCH3 is 1. The molecule has 1 amide bonds. The lowest BCUT2D eigenvalue weighted by Gasteiger charge is -2.32. The third kappa shape index (κ3) is 4.75. The van der Waals surface area contributed by atoms with E-state index in [0.29, 0.717) is 24.7 Å². The molecule has 6 nitrogen and oxygen atoms in total. The van der Waals surface area contributed by atoms with Gasteiger partial charge in [0, 0.05) is 50.9 Å². The predicted octanol–water partition coefficient (Wildman–Crippen LogP) is 1.84. The zero-order chi connectivity index (χ0) is 17.8. The molecule has 2 fully saturated rings. The number of hydrogen-bond donors (Lipinski definition) is 1. The van der Waals surface area contributed by atoms with Crippen LogP contribution in [0.3, 0.4) is 0 Å². The van der Waals surface area contributed by atoms with E-state index >= 15 is 0 Å². The number of likely N-dealkylation sites (tertiary alicyclic amines) is 1. The van der Waals surface area contributed by atoms with Crippen molar-refractivity contribution in [2.24, 2.45) is 0 Å². The molecule has 1 aromatic rings. The summed E-state index contributed by atoms with van der Waals surface area (Å²) in [5, 5.41) is 3.32. The lowest BCUT2D eigenvalue weighted by Crippen LogP contribution is -2.49. The molecular weight excluding hydrogens is 368 g/mol. The summed E-state index contributed by atoms with van der Waals surface area (Å²) in [6.45, 7) is 2.28. The molecule has 0 aromatic heterocycles. The third-order valence-corrected chi connectivity index (χ3v) is 4.75. The Morgan fingerprint density at radius 2 is 1.96 bits per heavy atom. The van der Waals surface area contributed by atoms with Gasteiger partial charge < -0.3 is 19.7 Å². The number of halogens is 3. The van der Waals surface area contributed by atoms with Crippen molar-refractivity contribution in [1.29, 1.82) is 0 Å². The average molecular weight is 392 g/mol. The Hall–Kier alpha value is -1.64. The number of amides is 1. The van der Waals surface area contributed by atoms with Gasteiger partial charge in [-0.2, -0.15) is 8.78 Å². The number of nitrogens with zero attached hydrogens (tertiary/aromatic N) is 2. The number of carbonyl (C=O) groups excluding carboxylic acids is 1. The molecule has 3 rings (SSSR count). The van der Waals surface area contributed by atoms with Crippen LogP contribution >= 0.6 is 12.4 Å². The highest BCUT2D eigenvalue weighted by Crippen LogP contribution is 2.30. The van der Waals surface area contributed by atoms with Crippen LogP contribution in [0.1, 0.15) is 16.8 Å². The van der Waals surface area contributed by atoms with E-state index in [0.717, 1.165) is 32.6 Å². The van der Waals surface area contributed by atoms with Gasteiger partial charge in [-0.15, -0.1) is 12.4 Å². The molecule has 2 aliphatic rings. The van der Waals surface area contributed by atoms with Gasteiger partial charge in [-0.05, 0) is 24.6 Å². The normalized spacial score (nSPS) is 20.8. The fourth-order valence-electron chi connectivity index (χ4n) is 3.45. The van der Waals surface area contributed by atoms with Crippen molar-refractivity contribution in [2.75, 3.05) is 46.4 Å². The third-order valence-electron chi connectivity index (χ3n) is 4.75.